The van der Waals surface area contributed by atoms with Gasteiger partial charge in [-0.05, 0) is 18.2 Å². The number of nitrogen functional groups attached to an aromatic ring is 1. The van der Waals surface area contributed by atoms with E-state index in [0.29, 0.717) is 42.3 Å². The van der Waals surface area contributed by atoms with Gasteiger partial charge in [0.1, 0.15) is 10.7 Å². The predicted molar refractivity (Wildman–Crippen MR) is 76.1 cm³/mol. The SMILES string of the molecule is Nc1c(C(=O)NN2CCOCC2)sc2ccc(F)cc12. The van der Waals surface area contributed by atoms with Crippen molar-refractivity contribution in [2.45, 2.75) is 0 Å². The number of fused-ring (bicyclic) bond motifs is 1. The quantitative estimate of drug-likeness (QED) is 0.883. The highest BCUT2D eigenvalue weighted by Gasteiger charge is 2.20. The van der Waals surface area contributed by atoms with Crippen LogP contribution in [0.25, 0.3) is 10.1 Å². The number of hydrogen-bond acceptors (Lipinski definition) is 5. The maximum atomic E-state index is 13.2. The van der Waals surface area contributed by atoms with Gasteiger partial charge in [-0.1, -0.05) is 0 Å². The van der Waals surface area contributed by atoms with Gasteiger partial charge in [0.05, 0.1) is 18.9 Å². The Bertz CT molecular complexity index is 652. The van der Waals surface area contributed by atoms with E-state index < -0.39 is 0 Å². The van der Waals surface area contributed by atoms with E-state index in [2.05, 4.69) is 5.43 Å². The molecule has 2 heterocycles. The van der Waals surface area contributed by atoms with E-state index >= 15 is 0 Å². The van der Waals surface area contributed by atoms with Gasteiger partial charge >= 0.3 is 0 Å². The first-order valence-electron chi connectivity index (χ1n) is 6.26. The van der Waals surface area contributed by atoms with Crippen LogP contribution in [-0.2, 0) is 4.74 Å². The third-order valence-corrected chi connectivity index (χ3v) is 4.35. The fourth-order valence-corrected chi connectivity index (χ4v) is 3.12. The van der Waals surface area contributed by atoms with Gasteiger partial charge in [-0.15, -0.1) is 11.3 Å². The van der Waals surface area contributed by atoms with Gasteiger partial charge in [-0.2, -0.15) is 0 Å². The molecule has 2 aromatic rings. The van der Waals surface area contributed by atoms with Crippen LogP contribution in [0.3, 0.4) is 0 Å². The van der Waals surface area contributed by atoms with Crippen molar-refractivity contribution < 1.29 is 13.9 Å². The number of anilines is 1. The maximum absolute atomic E-state index is 13.2. The minimum atomic E-state index is -0.359. The van der Waals surface area contributed by atoms with Gasteiger partial charge in [-0.25, -0.2) is 9.40 Å². The number of thiophene rings is 1. The van der Waals surface area contributed by atoms with E-state index in [1.807, 2.05) is 0 Å². The van der Waals surface area contributed by atoms with Crippen LogP contribution >= 0.6 is 11.3 Å². The molecular formula is C13H14FN3O2S. The largest absolute Gasteiger partial charge is 0.397 e. The first-order valence-corrected chi connectivity index (χ1v) is 7.08. The molecule has 0 atom stereocenters. The fourth-order valence-electron chi connectivity index (χ4n) is 2.13. The third kappa shape index (κ3) is 2.47. The summed E-state index contributed by atoms with van der Waals surface area (Å²) in [6.45, 7) is 2.47. The number of carbonyl (C=O) groups is 1. The van der Waals surface area contributed by atoms with E-state index in [9.17, 15) is 9.18 Å². The summed E-state index contributed by atoms with van der Waals surface area (Å²) in [7, 11) is 0. The Hall–Kier alpha value is -1.70. The van der Waals surface area contributed by atoms with Crippen LogP contribution in [0.4, 0.5) is 10.1 Å². The highest BCUT2D eigenvalue weighted by molar-refractivity contribution is 7.21. The van der Waals surface area contributed by atoms with Crippen LogP contribution in [0.5, 0.6) is 0 Å². The fraction of sp³-hybridized carbons (Fsp3) is 0.308. The van der Waals surface area contributed by atoms with Gasteiger partial charge in [0.2, 0.25) is 0 Å². The Morgan fingerprint density at radius 1 is 1.40 bits per heavy atom. The molecule has 0 radical (unpaired) electrons. The standard InChI is InChI=1S/C13H14FN3O2S/c14-8-1-2-10-9(7-8)11(15)12(20-10)13(18)16-17-3-5-19-6-4-17/h1-2,7H,3-6,15H2,(H,16,18). The minimum Gasteiger partial charge on any atom is -0.397 e. The number of amides is 1. The number of hydrazine groups is 1. The summed E-state index contributed by atoms with van der Waals surface area (Å²) in [5.74, 6) is -0.617. The Kier molecular flexibility index (Phi) is 3.56. The normalized spacial score (nSPS) is 16.4. The average Bonchev–Trinajstić information content (AvgIpc) is 2.77. The van der Waals surface area contributed by atoms with Crippen molar-refractivity contribution in [3.05, 3.63) is 28.9 Å². The summed E-state index contributed by atoms with van der Waals surface area (Å²) in [5, 5.41) is 2.39. The van der Waals surface area contributed by atoms with E-state index in [1.54, 1.807) is 11.1 Å². The summed E-state index contributed by atoms with van der Waals surface area (Å²) in [5.41, 5.74) is 9.09. The zero-order chi connectivity index (χ0) is 14.1. The molecule has 0 bridgehead atoms. The second-order valence-corrected chi connectivity index (χ2v) is 5.58. The lowest BCUT2D eigenvalue weighted by Crippen LogP contribution is -2.48. The predicted octanol–water partition coefficient (Wildman–Crippen LogP) is 1.60. The van der Waals surface area contributed by atoms with Crippen LogP contribution in [0, 0.1) is 5.82 Å². The first kappa shape index (κ1) is 13.3. The molecule has 3 N–H and O–H groups in total. The van der Waals surface area contributed by atoms with Crippen molar-refractivity contribution in [2.75, 3.05) is 32.0 Å². The number of nitrogens with one attached hydrogen (secondary N) is 1. The van der Waals surface area contributed by atoms with E-state index in [0.717, 1.165) is 4.70 Å². The third-order valence-electron chi connectivity index (χ3n) is 3.17. The summed E-state index contributed by atoms with van der Waals surface area (Å²) in [6.07, 6.45) is 0. The number of nitrogens with zero attached hydrogens (tertiary/aromatic N) is 1. The molecule has 1 aliphatic heterocycles. The number of ether oxygens (including phenoxy) is 1. The molecule has 7 heteroatoms. The van der Waals surface area contributed by atoms with Gasteiger partial charge in [0.25, 0.3) is 5.91 Å². The molecule has 1 aromatic heterocycles. The zero-order valence-corrected chi connectivity index (χ0v) is 11.5. The van der Waals surface area contributed by atoms with E-state index in [-0.39, 0.29) is 11.7 Å². The van der Waals surface area contributed by atoms with Crippen molar-refractivity contribution in [1.82, 2.24) is 10.4 Å². The van der Waals surface area contributed by atoms with Crippen LogP contribution in [-0.4, -0.2) is 37.2 Å². The molecule has 106 valence electrons. The van der Waals surface area contributed by atoms with Gasteiger partial charge in [0, 0.05) is 23.2 Å². The Balaban J connectivity index is 1.85. The molecule has 0 aliphatic carbocycles. The summed E-state index contributed by atoms with van der Waals surface area (Å²) in [4.78, 5) is 12.6. The molecule has 20 heavy (non-hydrogen) atoms. The Labute approximate surface area is 119 Å². The minimum absolute atomic E-state index is 0.258. The number of carbonyl (C=O) groups excluding carboxylic acids is 1. The average molecular weight is 295 g/mol. The molecule has 0 spiro atoms. The van der Waals surface area contributed by atoms with Crippen molar-refractivity contribution in [3.63, 3.8) is 0 Å². The molecule has 1 fully saturated rings. The highest BCUT2D eigenvalue weighted by atomic mass is 32.1. The molecular weight excluding hydrogens is 281 g/mol. The smallest absolute Gasteiger partial charge is 0.277 e. The highest BCUT2D eigenvalue weighted by Crippen LogP contribution is 2.33. The van der Waals surface area contributed by atoms with E-state index in [4.69, 9.17) is 10.5 Å². The van der Waals surface area contributed by atoms with Gasteiger partial charge < -0.3 is 10.5 Å². The van der Waals surface area contributed by atoms with E-state index in [1.165, 1.54) is 23.5 Å². The second-order valence-electron chi connectivity index (χ2n) is 4.53. The molecule has 1 aliphatic rings. The van der Waals surface area contributed by atoms with Crippen molar-refractivity contribution in [1.29, 1.82) is 0 Å². The zero-order valence-electron chi connectivity index (χ0n) is 10.7. The lowest BCUT2D eigenvalue weighted by Gasteiger charge is -2.26. The van der Waals surface area contributed by atoms with Crippen LogP contribution in [0.15, 0.2) is 18.2 Å². The van der Waals surface area contributed by atoms with Crippen LogP contribution < -0.4 is 11.2 Å². The molecule has 1 amide bonds. The summed E-state index contributed by atoms with van der Waals surface area (Å²) in [6, 6.07) is 4.35. The van der Waals surface area contributed by atoms with Crippen LogP contribution in [0.1, 0.15) is 9.67 Å². The first-order chi connectivity index (χ1) is 9.65. The number of nitrogens with two attached hydrogens (primary N) is 1. The van der Waals surface area contributed by atoms with Gasteiger partial charge in [-0.3, -0.25) is 10.2 Å². The van der Waals surface area contributed by atoms with Crippen molar-refractivity contribution in [3.8, 4) is 0 Å². The second kappa shape index (κ2) is 5.35. The molecule has 5 nitrogen and oxygen atoms in total. The summed E-state index contributed by atoms with van der Waals surface area (Å²) < 4.78 is 19.2. The maximum Gasteiger partial charge on any atom is 0.277 e. The molecule has 1 aromatic carbocycles. The van der Waals surface area contributed by atoms with Crippen molar-refractivity contribution in [2.24, 2.45) is 0 Å². The Morgan fingerprint density at radius 3 is 2.90 bits per heavy atom. The lowest BCUT2D eigenvalue weighted by molar-refractivity contribution is 0.0128. The van der Waals surface area contributed by atoms with Crippen molar-refractivity contribution >= 4 is 33.0 Å². The summed E-state index contributed by atoms with van der Waals surface area (Å²) >= 11 is 1.27. The molecule has 3 rings (SSSR count). The molecule has 0 saturated carbocycles. The van der Waals surface area contributed by atoms with Gasteiger partial charge in [0.15, 0.2) is 0 Å². The lowest BCUT2D eigenvalue weighted by atomic mass is 10.2. The topological polar surface area (TPSA) is 67.6 Å². The number of morpholine rings is 1. The Morgan fingerprint density at radius 2 is 2.15 bits per heavy atom. The number of hydrogen-bond donors (Lipinski definition) is 2. The monoisotopic (exact) mass is 295 g/mol. The molecule has 0 unspecified atom stereocenters. The number of rotatable bonds is 2. The molecule has 1 saturated heterocycles. The van der Waals surface area contributed by atoms with Crippen LogP contribution in [0.2, 0.25) is 0 Å². The number of benzene rings is 1. The number of halogens is 1.